The number of carbonyl (C=O) groups is 2. The summed E-state index contributed by atoms with van der Waals surface area (Å²) in [6.45, 7) is 1.75. The number of methoxy groups -OCH3 is 1. The maximum Gasteiger partial charge on any atom is 0.335 e. The number of aryl methyl sites for hydroxylation is 1. The molecule has 0 aliphatic carbocycles. The van der Waals surface area contributed by atoms with Crippen molar-refractivity contribution in [1.82, 2.24) is 19.7 Å². The number of urea groups is 1. The van der Waals surface area contributed by atoms with Crippen LogP contribution in [-0.2, 0) is 19.6 Å². The summed E-state index contributed by atoms with van der Waals surface area (Å²) in [5, 5.41) is 2.29. The van der Waals surface area contributed by atoms with Gasteiger partial charge in [-0.05, 0) is 25.1 Å². The third kappa shape index (κ3) is 4.83. The summed E-state index contributed by atoms with van der Waals surface area (Å²) in [6.07, 6.45) is 1.66. The molecule has 1 fully saturated rings. The van der Waals surface area contributed by atoms with Crippen molar-refractivity contribution in [1.29, 1.82) is 0 Å². The van der Waals surface area contributed by atoms with Gasteiger partial charge in [-0.1, -0.05) is 17.7 Å². The lowest BCUT2D eigenvalue weighted by Crippen LogP contribution is -2.35. The maximum atomic E-state index is 12.8. The van der Waals surface area contributed by atoms with E-state index in [1.165, 1.54) is 31.4 Å². The number of nitrogens with one attached hydrogen (secondary N) is 2. The van der Waals surface area contributed by atoms with Gasteiger partial charge in [0, 0.05) is 22.6 Å². The van der Waals surface area contributed by atoms with Crippen LogP contribution < -0.4 is 14.8 Å². The van der Waals surface area contributed by atoms with Crippen LogP contribution in [0.4, 0.5) is 10.7 Å². The first-order valence-corrected chi connectivity index (χ1v) is 10.3. The monoisotopic (exact) mass is 453 g/mol. The number of hydrogen-bond acceptors (Lipinski definition) is 9. The highest BCUT2D eigenvalue weighted by atomic mass is 35.5. The third-order valence-corrected chi connectivity index (χ3v) is 5.57. The van der Waals surface area contributed by atoms with E-state index in [1.807, 2.05) is 4.72 Å². The van der Waals surface area contributed by atoms with E-state index in [9.17, 15) is 18.0 Å². The molecule has 2 N–H and O–H groups in total. The lowest BCUT2D eigenvalue weighted by Gasteiger charge is -2.12. The number of aromatic nitrogens is 3. The van der Waals surface area contributed by atoms with Crippen molar-refractivity contribution in [3.8, 4) is 6.01 Å². The Kier molecular flexibility index (Phi) is 6.17. The topological polar surface area (TPSA) is 149 Å². The van der Waals surface area contributed by atoms with Crippen LogP contribution in [0.2, 0.25) is 5.02 Å². The first kappa shape index (κ1) is 21.5. The molecule has 3 rings (SSSR count). The lowest BCUT2D eigenvalue weighted by atomic mass is 10.1. The first-order chi connectivity index (χ1) is 14.2. The highest BCUT2D eigenvalue weighted by Crippen LogP contribution is 2.28. The second kappa shape index (κ2) is 8.63. The molecule has 1 aromatic carbocycles. The first-order valence-electron chi connectivity index (χ1n) is 8.46. The Morgan fingerprint density at radius 2 is 2.07 bits per heavy atom. The molecule has 1 aliphatic rings. The number of ether oxygens (including phenoxy) is 2. The van der Waals surface area contributed by atoms with Crippen LogP contribution in [0.1, 0.15) is 17.8 Å². The Morgan fingerprint density at radius 3 is 2.73 bits per heavy atom. The largest absolute Gasteiger partial charge is 0.467 e. The molecule has 1 aromatic heterocycles. The van der Waals surface area contributed by atoms with Gasteiger partial charge in [-0.2, -0.15) is 15.0 Å². The van der Waals surface area contributed by atoms with Crippen molar-refractivity contribution in [2.75, 3.05) is 19.0 Å². The van der Waals surface area contributed by atoms with Crippen molar-refractivity contribution in [3.63, 3.8) is 0 Å². The number of benzene rings is 1. The van der Waals surface area contributed by atoms with E-state index in [1.54, 1.807) is 6.92 Å². The molecular weight excluding hydrogens is 438 g/mol. The maximum absolute atomic E-state index is 12.8. The number of nitrogens with zero attached hydrogens (tertiary/aromatic N) is 3. The summed E-state index contributed by atoms with van der Waals surface area (Å²) >= 11 is 6.15. The van der Waals surface area contributed by atoms with Gasteiger partial charge >= 0.3 is 18.0 Å². The minimum Gasteiger partial charge on any atom is -0.467 e. The van der Waals surface area contributed by atoms with Gasteiger partial charge in [0.1, 0.15) is 5.82 Å². The highest BCUT2D eigenvalue weighted by molar-refractivity contribution is 7.90. The summed E-state index contributed by atoms with van der Waals surface area (Å²) in [5.74, 6) is -0.496. The quantitative estimate of drug-likeness (QED) is 0.509. The Balaban J connectivity index is 1.87. The van der Waals surface area contributed by atoms with Gasteiger partial charge in [0.2, 0.25) is 5.95 Å². The average molecular weight is 454 g/mol. The van der Waals surface area contributed by atoms with Crippen molar-refractivity contribution in [2.45, 2.75) is 18.2 Å². The predicted molar refractivity (Wildman–Crippen MR) is 105 cm³/mol. The number of carbonyl (C=O) groups excluding carboxylic acids is 2. The summed E-state index contributed by atoms with van der Waals surface area (Å²) in [4.78, 5) is 35.2. The van der Waals surface area contributed by atoms with Gasteiger partial charge in [0.25, 0.3) is 10.0 Å². The van der Waals surface area contributed by atoms with E-state index in [-0.39, 0.29) is 45.4 Å². The van der Waals surface area contributed by atoms with Crippen LogP contribution in [0, 0.1) is 6.92 Å². The van der Waals surface area contributed by atoms with Crippen molar-refractivity contribution < 1.29 is 27.5 Å². The van der Waals surface area contributed by atoms with E-state index in [4.69, 9.17) is 21.1 Å². The van der Waals surface area contributed by atoms with E-state index in [2.05, 4.69) is 20.3 Å². The summed E-state index contributed by atoms with van der Waals surface area (Å²) in [5.41, 5.74) is 0.336. The van der Waals surface area contributed by atoms with E-state index in [0.717, 1.165) is 0 Å². The van der Waals surface area contributed by atoms with Crippen LogP contribution in [0.15, 0.2) is 28.7 Å². The number of sulfonamides is 1. The molecule has 2 amide bonds. The van der Waals surface area contributed by atoms with E-state index < -0.39 is 22.0 Å². The number of esters is 1. The molecule has 0 bridgehead atoms. The molecule has 30 heavy (non-hydrogen) atoms. The molecule has 0 radical (unpaired) electrons. The zero-order valence-electron chi connectivity index (χ0n) is 15.8. The molecule has 0 atom stereocenters. The van der Waals surface area contributed by atoms with Crippen molar-refractivity contribution in [3.05, 3.63) is 40.2 Å². The molecule has 158 valence electrons. The normalized spacial score (nSPS) is 15.0. The zero-order valence-corrected chi connectivity index (χ0v) is 17.4. The number of hydrogen-bond donors (Lipinski definition) is 2. The number of anilines is 1. The summed E-state index contributed by atoms with van der Waals surface area (Å²) in [7, 11) is -3.03. The Labute approximate surface area is 176 Å². The number of rotatable bonds is 5. The molecule has 2 heterocycles. The Hall–Kier alpha value is -3.25. The molecule has 13 heteroatoms. The standard InChI is InChI=1S/C17H16ClN5O6S/c1-9-19-15(22-17(20-9)28-2)21-16(25)23-30(26,27)13-5-3-4-12(18)11(13)8-10-6-7-29-14(10)24/h3-5,8H,6-7H2,1-2H3,(H2,19,20,21,22,23,25). The van der Waals surface area contributed by atoms with Gasteiger partial charge < -0.3 is 9.47 Å². The number of amides is 2. The fraction of sp³-hybridized carbons (Fsp3) is 0.235. The Morgan fingerprint density at radius 1 is 1.30 bits per heavy atom. The van der Waals surface area contributed by atoms with Crippen LogP contribution >= 0.6 is 11.6 Å². The van der Waals surface area contributed by atoms with Gasteiger partial charge in [-0.25, -0.2) is 22.7 Å². The fourth-order valence-corrected chi connectivity index (χ4v) is 3.96. The smallest absolute Gasteiger partial charge is 0.335 e. The molecule has 1 saturated heterocycles. The Bertz CT molecular complexity index is 1150. The SMILES string of the molecule is COc1nc(C)nc(NC(=O)NS(=O)(=O)c2cccc(Cl)c2C=C2CCOC2=O)n1. The second-order valence-corrected chi connectivity index (χ2v) is 8.02. The van der Waals surface area contributed by atoms with Crippen LogP contribution in [0.25, 0.3) is 6.08 Å². The molecule has 11 nitrogen and oxygen atoms in total. The average Bonchev–Trinajstić information content (AvgIpc) is 3.06. The minimum absolute atomic E-state index is 0.0483. The third-order valence-electron chi connectivity index (χ3n) is 3.85. The van der Waals surface area contributed by atoms with Gasteiger partial charge in [-0.15, -0.1) is 0 Å². The second-order valence-electron chi connectivity index (χ2n) is 5.96. The van der Waals surface area contributed by atoms with Gasteiger partial charge in [0.05, 0.1) is 18.6 Å². The highest BCUT2D eigenvalue weighted by Gasteiger charge is 2.25. The van der Waals surface area contributed by atoms with Crippen molar-refractivity contribution in [2.24, 2.45) is 0 Å². The lowest BCUT2D eigenvalue weighted by molar-refractivity contribution is -0.134. The zero-order chi connectivity index (χ0) is 21.9. The van der Waals surface area contributed by atoms with Gasteiger partial charge in [0.15, 0.2) is 0 Å². The van der Waals surface area contributed by atoms with Gasteiger partial charge in [-0.3, -0.25) is 5.32 Å². The molecule has 0 saturated carbocycles. The van der Waals surface area contributed by atoms with Crippen LogP contribution in [0.5, 0.6) is 6.01 Å². The van der Waals surface area contributed by atoms with E-state index in [0.29, 0.717) is 6.42 Å². The number of cyclic esters (lactones) is 1. The van der Waals surface area contributed by atoms with Crippen LogP contribution in [-0.4, -0.2) is 49.1 Å². The minimum atomic E-state index is -4.36. The van der Waals surface area contributed by atoms with Crippen LogP contribution in [0.3, 0.4) is 0 Å². The summed E-state index contributed by atoms with van der Waals surface area (Å²) < 4.78 is 37.2. The fourth-order valence-electron chi connectivity index (χ4n) is 2.55. The van der Waals surface area contributed by atoms with Crippen molar-refractivity contribution >= 4 is 45.6 Å². The summed E-state index contributed by atoms with van der Waals surface area (Å²) in [6, 6.07) is 2.97. The molecular formula is C17H16ClN5O6S. The molecule has 0 unspecified atom stereocenters. The molecule has 2 aromatic rings. The predicted octanol–water partition coefficient (Wildman–Crippen LogP) is 1.68. The number of halogens is 1. The molecule has 1 aliphatic heterocycles. The van der Waals surface area contributed by atoms with E-state index >= 15 is 0 Å². The molecule has 0 spiro atoms.